The van der Waals surface area contributed by atoms with Crippen molar-refractivity contribution in [1.29, 1.82) is 0 Å². The monoisotopic (exact) mass is 291 g/mol. The van der Waals surface area contributed by atoms with E-state index in [2.05, 4.69) is 56.2 Å². The average molecular weight is 293 g/mol. The molecule has 3 heteroatoms. The van der Waals surface area contributed by atoms with Gasteiger partial charge in [0.2, 0.25) is 0 Å². The number of halogens is 2. The van der Waals surface area contributed by atoms with E-state index in [0.29, 0.717) is 0 Å². The van der Waals surface area contributed by atoms with Gasteiger partial charge in [-0.1, -0.05) is 38.8 Å². The molecule has 0 unspecified atom stereocenters. The second kappa shape index (κ2) is 5.00. The van der Waals surface area contributed by atoms with Crippen molar-refractivity contribution in [1.82, 2.24) is 5.32 Å². The van der Waals surface area contributed by atoms with E-state index < -0.39 is 0 Å². The van der Waals surface area contributed by atoms with Gasteiger partial charge >= 0.3 is 0 Å². The van der Waals surface area contributed by atoms with Crippen LogP contribution in [0.2, 0.25) is 0 Å². The van der Waals surface area contributed by atoms with Crippen LogP contribution in [0.4, 0.5) is 0 Å². The summed E-state index contributed by atoms with van der Waals surface area (Å²) >= 11 is 6.89. The Morgan fingerprint density at radius 1 is 1.17 bits per heavy atom. The largest absolute Gasteiger partial charge is 0.313 e. The zero-order valence-corrected chi connectivity index (χ0v) is 10.1. The first kappa shape index (κ1) is 10.2. The third-order valence-electron chi connectivity index (χ3n) is 1.50. The fourth-order valence-corrected chi connectivity index (χ4v) is 2.37. The standard InChI is InChI=1S/C9H11Br2N/c1-2-12-6-7-3-8(10)5-9(11)4-7/h3-5,12H,2,6H2,1H3. The van der Waals surface area contributed by atoms with Gasteiger partial charge in [0.05, 0.1) is 0 Å². The van der Waals surface area contributed by atoms with E-state index in [1.54, 1.807) is 0 Å². The molecule has 0 bridgehead atoms. The van der Waals surface area contributed by atoms with E-state index in [1.807, 2.05) is 6.07 Å². The maximum Gasteiger partial charge on any atom is 0.0206 e. The molecule has 0 aliphatic rings. The number of benzene rings is 1. The zero-order valence-electron chi connectivity index (χ0n) is 6.90. The van der Waals surface area contributed by atoms with Crippen molar-refractivity contribution in [3.8, 4) is 0 Å². The highest BCUT2D eigenvalue weighted by Crippen LogP contribution is 2.19. The molecule has 0 aromatic heterocycles. The molecule has 0 amide bonds. The normalized spacial score (nSPS) is 10.2. The molecule has 0 heterocycles. The highest BCUT2D eigenvalue weighted by molar-refractivity contribution is 9.11. The van der Waals surface area contributed by atoms with Gasteiger partial charge in [0.15, 0.2) is 0 Å². The van der Waals surface area contributed by atoms with Crippen LogP contribution in [0.1, 0.15) is 12.5 Å². The summed E-state index contributed by atoms with van der Waals surface area (Å²) in [6.07, 6.45) is 0. The molecular formula is C9H11Br2N. The predicted octanol–water partition coefficient (Wildman–Crippen LogP) is 3.32. The lowest BCUT2D eigenvalue weighted by atomic mass is 10.2. The van der Waals surface area contributed by atoms with E-state index in [4.69, 9.17) is 0 Å². The average Bonchev–Trinajstić information content (AvgIpc) is 1.99. The lowest BCUT2D eigenvalue weighted by molar-refractivity contribution is 0.726. The fraction of sp³-hybridized carbons (Fsp3) is 0.333. The molecule has 12 heavy (non-hydrogen) atoms. The minimum Gasteiger partial charge on any atom is -0.313 e. The molecule has 0 fully saturated rings. The van der Waals surface area contributed by atoms with Crippen LogP contribution in [0, 0.1) is 0 Å². The lowest BCUT2D eigenvalue weighted by Crippen LogP contribution is -2.11. The Morgan fingerprint density at radius 2 is 1.75 bits per heavy atom. The molecule has 0 spiro atoms. The van der Waals surface area contributed by atoms with Gasteiger partial charge in [-0.15, -0.1) is 0 Å². The Hall–Kier alpha value is 0.140. The third-order valence-corrected chi connectivity index (χ3v) is 2.42. The first-order valence-corrected chi connectivity index (χ1v) is 5.46. The maximum absolute atomic E-state index is 3.45. The van der Waals surface area contributed by atoms with Crippen molar-refractivity contribution in [2.75, 3.05) is 6.54 Å². The molecule has 1 nitrogen and oxygen atoms in total. The van der Waals surface area contributed by atoms with Crippen LogP contribution in [0.15, 0.2) is 27.1 Å². The van der Waals surface area contributed by atoms with E-state index >= 15 is 0 Å². The lowest BCUT2D eigenvalue weighted by Gasteiger charge is -2.03. The predicted molar refractivity (Wildman–Crippen MR) is 59.2 cm³/mol. The third kappa shape index (κ3) is 3.25. The van der Waals surface area contributed by atoms with E-state index in [-0.39, 0.29) is 0 Å². The summed E-state index contributed by atoms with van der Waals surface area (Å²) in [5, 5.41) is 3.28. The molecule has 1 aromatic rings. The van der Waals surface area contributed by atoms with Gasteiger partial charge in [0.25, 0.3) is 0 Å². The van der Waals surface area contributed by atoms with Crippen LogP contribution >= 0.6 is 31.9 Å². The summed E-state index contributed by atoms with van der Waals surface area (Å²) < 4.78 is 2.23. The summed E-state index contributed by atoms with van der Waals surface area (Å²) in [4.78, 5) is 0. The topological polar surface area (TPSA) is 12.0 Å². The van der Waals surface area contributed by atoms with E-state index in [1.165, 1.54) is 5.56 Å². The van der Waals surface area contributed by atoms with E-state index in [0.717, 1.165) is 22.0 Å². The number of hydrogen-bond donors (Lipinski definition) is 1. The smallest absolute Gasteiger partial charge is 0.0206 e. The highest BCUT2D eigenvalue weighted by Gasteiger charge is 1.95. The summed E-state index contributed by atoms with van der Waals surface area (Å²) in [5.74, 6) is 0. The van der Waals surface area contributed by atoms with Crippen molar-refractivity contribution in [2.24, 2.45) is 0 Å². The van der Waals surface area contributed by atoms with Crippen molar-refractivity contribution in [2.45, 2.75) is 13.5 Å². The Labute approximate surface area is 89.8 Å². The highest BCUT2D eigenvalue weighted by atomic mass is 79.9. The van der Waals surface area contributed by atoms with Gasteiger partial charge in [-0.05, 0) is 30.3 Å². The SMILES string of the molecule is CCNCc1cc(Br)cc(Br)c1. The Kier molecular flexibility index (Phi) is 4.26. The molecule has 66 valence electrons. The minimum absolute atomic E-state index is 0.925. The van der Waals surface area contributed by atoms with Gasteiger partial charge in [-0.2, -0.15) is 0 Å². The molecule has 0 aliphatic carbocycles. The van der Waals surface area contributed by atoms with Gasteiger partial charge < -0.3 is 5.32 Å². The quantitative estimate of drug-likeness (QED) is 0.901. The Bertz CT molecular complexity index is 240. The van der Waals surface area contributed by atoms with Gasteiger partial charge in [-0.25, -0.2) is 0 Å². The van der Waals surface area contributed by atoms with Crippen molar-refractivity contribution >= 4 is 31.9 Å². The minimum atomic E-state index is 0.925. The van der Waals surface area contributed by atoms with Crippen LogP contribution < -0.4 is 5.32 Å². The first-order valence-electron chi connectivity index (χ1n) is 3.88. The van der Waals surface area contributed by atoms with Gasteiger partial charge in [0, 0.05) is 15.5 Å². The fourth-order valence-electron chi connectivity index (χ4n) is 0.982. The molecule has 1 N–H and O–H groups in total. The number of nitrogens with one attached hydrogen (secondary N) is 1. The van der Waals surface area contributed by atoms with Crippen LogP contribution in [-0.4, -0.2) is 6.54 Å². The second-order valence-corrected chi connectivity index (χ2v) is 4.39. The van der Waals surface area contributed by atoms with Crippen LogP contribution in [0.5, 0.6) is 0 Å². The molecule has 0 saturated heterocycles. The number of hydrogen-bond acceptors (Lipinski definition) is 1. The summed E-state index contributed by atoms with van der Waals surface area (Å²) in [5.41, 5.74) is 1.29. The van der Waals surface area contributed by atoms with Crippen LogP contribution in [-0.2, 0) is 6.54 Å². The summed E-state index contributed by atoms with van der Waals surface area (Å²) in [6, 6.07) is 6.27. The summed E-state index contributed by atoms with van der Waals surface area (Å²) in [7, 11) is 0. The van der Waals surface area contributed by atoms with E-state index in [9.17, 15) is 0 Å². The molecule has 1 aromatic carbocycles. The molecule has 0 saturated carbocycles. The Morgan fingerprint density at radius 3 is 2.25 bits per heavy atom. The molecule has 0 atom stereocenters. The molecule has 1 rings (SSSR count). The van der Waals surface area contributed by atoms with Crippen molar-refractivity contribution in [3.05, 3.63) is 32.7 Å². The van der Waals surface area contributed by atoms with Crippen LogP contribution in [0.3, 0.4) is 0 Å². The Balaban J connectivity index is 2.72. The van der Waals surface area contributed by atoms with Crippen LogP contribution in [0.25, 0.3) is 0 Å². The summed E-state index contributed by atoms with van der Waals surface area (Å²) in [6.45, 7) is 4.03. The van der Waals surface area contributed by atoms with Crippen molar-refractivity contribution < 1.29 is 0 Å². The van der Waals surface area contributed by atoms with Gasteiger partial charge in [-0.3, -0.25) is 0 Å². The number of rotatable bonds is 3. The molecule has 0 aliphatic heterocycles. The zero-order chi connectivity index (χ0) is 8.97. The van der Waals surface area contributed by atoms with Gasteiger partial charge in [0.1, 0.15) is 0 Å². The van der Waals surface area contributed by atoms with Crippen molar-refractivity contribution in [3.63, 3.8) is 0 Å². The molecule has 0 radical (unpaired) electrons. The second-order valence-electron chi connectivity index (χ2n) is 2.56. The molecular weight excluding hydrogens is 282 g/mol. The first-order chi connectivity index (χ1) is 5.72. The maximum atomic E-state index is 3.45.